The summed E-state index contributed by atoms with van der Waals surface area (Å²) in [6.07, 6.45) is 1.15. The number of nitrogens with one attached hydrogen (secondary N) is 1. The molecular formula is C10H14N4O3. The number of likely N-dealkylation sites (tertiary alicyclic amines) is 1. The lowest BCUT2D eigenvalue weighted by molar-refractivity contribution is -0.121. The highest BCUT2D eigenvalue weighted by Crippen LogP contribution is 2.12. The molecule has 0 bridgehead atoms. The first-order chi connectivity index (χ1) is 8.19. The Balaban J connectivity index is 1.93. The number of aromatic nitrogens is 1. The molecule has 1 saturated heterocycles. The maximum absolute atomic E-state index is 11.1. The van der Waals surface area contributed by atoms with E-state index in [1.807, 2.05) is 5.43 Å². The van der Waals surface area contributed by atoms with Crippen molar-refractivity contribution in [2.45, 2.75) is 19.4 Å². The highest BCUT2D eigenvalue weighted by atomic mass is 16.5. The Hall–Kier alpha value is -1.73. The lowest BCUT2D eigenvalue weighted by atomic mass is 10.1. The van der Waals surface area contributed by atoms with Crippen LogP contribution in [-0.2, 0) is 11.3 Å². The van der Waals surface area contributed by atoms with E-state index in [0.29, 0.717) is 30.9 Å². The van der Waals surface area contributed by atoms with E-state index in [9.17, 15) is 9.59 Å². The van der Waals surface area contributed by atoms with Gasteiger partial charge in [0.05, 0.1) is 6.54 Å². The monoisotopic (exact) mass is 238 g/mol. The summed E-state index contributed by atoms with van der Waals surface area (Å²) in [4.78, 5) is 24.3. The molecule has 1 aliphatic rings. The molecule has 1 fully saturated rings. The molecule has 92 valence electrons. The Morgan fingerprint density at radius 1 is 1.53 bits per heavy atom. The van der Waals surface area contributed by atoms with E-state index in [2.05, 4.69) is 10.1 Å². The third-order valence-corrected chi connectivity index (χ3v) is 2.72. The Morgan fingerprint density at radius 2 is 2.24 bits per heavy atom. The quantitative estimate of drug-likeness (QED) is 0.416. The number of nitrogen functional groups attached to an aromatic ring is 1. The highest BCUT2D eigenvalue weighted by Gasteiger charge is 2.18. The normalized spacial score (nSPS) is 17.1. The van der Waals surface area contributed by atoms with Crippen LogP contribution in [0.3, 0.4) is 0 Å². The van der Waals surface area contributed by atoms with Crippen molar-refractivity contribution in [2.75, 3.05) is 13.1 Å². The fourth-order valence-electron chi connectivity index (χ4n) is 1.75. The third kappa shape index (κ3) is 2.89. The predicted molar refractivity (Wildman–Crippen MR) is 57.7 cm³/mol. The van der Waals surface area contributed by atoms with E-state index in [0.717, 1.165) is 13.1 Å². The number of nitrogens with two attached hydrogens (primary N) is 1. The number of amides is 1. The third-order valence-electron chi connectivity index (χ3n) is 2.72. The molecule has 2 heterocycles. The van der Waals surface area contributed by atoms with Gasteiger partial charge in [0, 0.05) is 32.0 Å². The largest absolute Gasteiger partial charge is 0.359 e. The van der Waals surface area contributed by atoms with E-state index in [1.54, 1.807) is 6.07 Å². The summed E-state index contributed by atoms with van der Waals surface area (Å²) in [7, 11) is 0. The lowest BCUT2D eigenvalue weighted by Gasteiger charge is -2.24. The fourth-order valence-corrected chi connectivity index (χ4v) is 1.75. The van der Waals surface area contributed by atoms with E-state index < -0.39 is 5.91 Å². The van der Waals surface area contributed by atoms with E-state index in [1.165, 1.54) is 0 Å². The van der Waals surface area contributed by atoms with Crippen LogP contribution in [0.1, 0.15) is 29.1 Å². The van der Waals surface area contributed by atoms with Crippen molar-refractivity contribution >= 4 is 11.7 Å². The van der Waals surface area contributed by atoms with Crippen LogP contribution >= 0.6 is 0 Å². The maximum atomic E-state index is 11.1. The molecule has 1 aromatic heterocycles. The molecule has 1 aromatic rings. The summed E-state index contributed by atoms with van der Waals surface area (Å²) >= 11 is 0. The summed E-state index contributed by atoms with van der Waals surface area (Å²) in [5.41, 5.74) is 2.15. The molecule has 0 unspecified atom stereocenters. The SMILES string of the molecule is NNC(=O)c1cc(CN2CCC(=O)CC2)on1. The topological polar surface area (TPSA) is 101 Å². The van der Waals surface area contributed by atoms with Gasteiger partial charge in [0.15, 0.2) is 11.5 Å². The second-order valence-electron chi connectivity index (χ2n) is 3.97. The number of Topliss-reactive ketones (excluding diaryl/α,β-unsaturated/α-hetero) is 1. The molecule has 0 spiro atoms. The van der Waals surface area contributed by atoms with Crippen molar-refractivity contribution in [3.8, 4) is 0 Å². The van der Waals surface area contributed by atoms with Crippen LogP contribution in [0.2, 0.25) is 0 Å². The summed E-state index contributed by atoms with van der Waals surface area (Å²) in [5.74, 6) is 5.39. The Bertz CT molecular complexity index is 419. The minimum absolute atomic E-state index is 0.163. The maximum Gasteiger partial charge on any atom is 0.287 e. The van der Waals surface area contributed by atoms with Crippen LogP contribution in [0.25, 0.3) is 0 Å². The van der Waals surface area contributed by atoms with Crippen LogP contribution in [0.15, 0.2) is 10.6 Å². The standard InChI is InChI=1S/C10H14N4O3/c11-12-10(16)9-5-8(17-13-9)6-14-3-1-7(15)2-4-14/h5H,1-4,6,11H2,(H,12,16). The number of rotatable bonds is 3. The summed E-state index contributed by atoms with van der Waals surface area (Å²) in [6.45, 7) is 1.99. The molecule has 2 rings (SSSR count). The van der Waals surface area contributed by atoms with Crippen molar-refractivity contribution in [3.63, 3.8) is 0 Å². The van der Waals surface area contributed by atoms with Crippen molar-refractivity contribution < 1.29 is 14.1 Å². The molecule has 7 heteroatoms. The average Bonchev–Trinajstić information content (AvgIpc) is 2.80. The Morgan fingerprint density at radius 3 is 2.88 bits per heavy atom. The number of hydrogen-bond acceptors (Lipinski definition) is 6. The molecule has 1 aliphatic heterocycles. The van der Waals surface area contributed by atoms with Crippen molar-refractivity contribution in [3.05, 3.63) is 17.5 Å². The van der Waals surface area contributed by atoms with Crippen molar-refractivity contribution in [1.82, 2.24) is 15.5 Å². The van der Waals surface area contributed by atoms with Gasteiger partial charge in [-0.05, 0) is 0 Å². The zero-order chi connectivity index (χ0) is 12.3. The van der Waals surface area contributed by atoms with Crippen molar-refractivity contribution in [1.29, 1.82) is 0 Å². The second-order valence-corrected chi connectivity index (χ2v) is 3.97. The minimum atomic E-state index is -0.478. The number of hydrazine groups is 1. The molecule has 7 nitrogen and oxygen atoms in total. The number of ketones is 1. The van der Waals surface area contributed by atoms with Crippen LogP contribution in [0, 0.1) is 0 Å². The predicted octanol–water partition coefficient (Wildman–Crippen LogP) is -0.557. The molecule has 17 heavy (non-hydrogen) atoms. The first-order valence-electron chi connectivity index (χ1n) is 5.39. The number of carbonyl (C=O) groups excluding carboxylic acids is 2. The Kier molecular flexibility index (Phi) is 3.50. The smallest absolute Gasteiger partial charge is 0.287 e. The Labute approximate surface area is 97.9 Å². The van der Waals surface area contributed by atoms with Gasteiger partial charge in [-0.3, -0.25) is 19.9 Å². The molecular weight excluding hydrogens is 224 g/mol. The summed E-state index contributed by atoms with van der Waals surface area (Å²) in [5, 5.41) is 3.61. The lowest BCUT2D eigenvalue weighted by Crippen LogP contribution is -2.33. The number of piperidine rings is 1. The van der Waals surface area contributed by atoms with Gasteiger partial charge in [-0.25, -0.2) is 5.84 Å². The van der Waals surface area contributed by atoms with E-state index >= 15 is 0 Å². The highest BCUT2D eigenvalue weighted by molar-refractivity contribution is 5.91. The number of nitrogens with zero attached hydrogens (tertiary/aromatic N) is 2. The van der Waals surface area contributed by atoms with Gasteiger partial charge in [0.1, 0.15) is 5.78 Å². The molecule has 0 aliphatic carbocycles. The number of carbonyl (C=O) groups is 2. The zero-order valence-corrected chi connectivity index (χ0v) is 9.31. The van der Waals surface area contributed by atoms with Gasteiger partial charge in [-0.2, -0.15) is 0 Å². The average molecular weight is 238 g/mol. The summed E-state index contributed by atoms with van der Waals surface area (Å²) < 4.78 is 5.02. The fraction of sp³-hybridized carbons (Fsp3) is 0.500. The molecule has 3 N–H and O–H groups in total. The van der Waals surface area contributed by atoms with Gasteiger partial charge in [0.25, 0.3) is 5.91 Å². The molecule has 0 radical (unpaired) electrons. The van der Waals surface area contributed by atoms with Crippen LogP contribution in [0.5, 0.6) is 0 Å². The van der Waals surface area contributed by atoms with Crippen LogP contribution in [0.4, 0.5) is 0 Å². The first-order valence-corrected chi connectivity index (χ1v) is 5.39. The van der Waals surface area contributed by atoms with E-state index in [-0.39, 0.29) is 5.69 Å². The van der Waals surface area contributed by atoms with Crippen molar-refractivity contribution in [2.24, 2.45) is 5.84 Å². The zero-order valence-electron chi connectivity index (χ0n) is 9.31. The van der Waals surface area contributed by atoms with Gasteiger partial charge >= 0.3 is 0 Å². The van der Waals surface area contributed by atoms with Crippen LogP contribution < -0.4 is 11.3 Å². The molecule has 0 atom stereocenters. The van der Waals surface area contributed by atoms with Gasteiger partial charge < -0.3 is 4.52 Å². The minimum Gasteiger partial charge on any atom is -0.359 e. The molecule has 1 amide bonds. The van der Waals surface area contributed by atoms with E-state index in [4.69, 9.17) is 10.4 Å². The van der Waals surface area contributed by atoms with Gasteiger partial charge in [0.2, 0.25) is 0 Å². The van der Waals surface area contributed by atoms with Crippen LogP contribution in [-0.4, -0.2) is 34.8 Å². The second kappa shape index (κ2) is 5.07. The number of hydrogen-bond donors (Lipinski definition) is 2. The van der Waals surface area contributed by atoms with Gasteiger partial charge in [-0.1, -0.05) is 5.16 Å². The molecule has 0 saturated carbocycles. The summed E-state index contributed by atoms with van der Waals surface area (Å²) in [6, 6.07) is 1.55. The van der Waals surface area contributed by atoms with Gasteiger partial charge in [-0.15, -0.1) is 0 Å². The molecule has 0 aromatic carbocycles. The first kappa shape index (κ1) is 11.7.